The first kappa shape index (κ1) is 93.1. The molecule has 0 fully saturated rings. The summed E-state index contributed by atoms with van der Waals surface area (Å²) in [6.45, 7) is 9.57. The van der Waals surface area contributed by atoms with E-state index in [2.05, 4.69) is 41.5 Å². The van der Waals surface area contributed by atoms with Crippen LogP contribution in [0.4, 0.5) is 0 Å². The van der Waals surface area contributed by atoms with E-state index in [1.54, 1.807) is 0 Å². The predicted molar refractivity (Wildman–Crippen MR) is 386 cm³/mol. The van der Waals surface area contributed by atoms with E-state index in [4.69, 9.17) is 37.0 Å². The van der Waals surface area contributed by atoms with Crippen molar-refractivity contribution in [1.29, 1.82) is 0 Å². The summed E-state index contributed by atoms with van der Waals surface area (Å²) in [5.74, 6) is -0.579. The van der Waals surface area contributed by atoms with Crippen LogP contribution in [0, 0.1) is 11.8 Å². The number of hydrogen-bond donors (Lipinski definition) is 3. The molecule has 564 valence electrons. The first-order valence-electron chi connectivity index (χ1n) is 39.5. The molecular weight excluding hydrogens is 1250 g/mol. The van der Waals surface area contributed by atoms with E-state index in [0.29, 0.717) is 25.7 Å². The molecule has 2 unspecified atom stereocenters. The van der Waals surface area contributed by atoms with Gasteiger partial charge >= 0.3 is 39.5 Å². The predicted octanol–water partition coefficient (Wildman–Crippen LogP) is 22.3. The zero-order valence-electron chi connectivity index (χ0n) is 62.0. The van der Waals surface area contributed by atoms with Crippen LogP contribution in [0.15, 0.2) is 0 Å². The Labute approximate surface area is 581 Å². The number of ether oxygens (including phenoxy) is 4. The second-order valence-electron chi connectivity index (χ2n) is 28.3. The molecule has 0 aliphatic carbocycles. The zero-order valence-corrected chi connectivity index (χ0v) is 63.8. The number of hydrogen-bond acceptors (Lipinski definition) is 15. The average molecular weight is 1400 g/mol. The molecule has 3 N–H and O–H groups in total. The van der Waals surface area contributed by atoms with Crippen molar-refractivity contribution in [3.63, 3.8) is 0 Å². The van der Waals surface area contributed by atoms with Gasteiger partial charge in [0, 0.05) is 25.7 Å². The van der Waals surface area contributed by atoms with Gasteiger partial charge in [0.05, 0.1) is 26.4 Å². The van der Waals surface area contributed by atoms with E-state index >= 15 is 0 Å². The molecule has 0 heterocycles. The van der Waals surface area contributed by atoms with Crippen LogP contribution in [-0.2, 0) is 65.4 Å². The second kappa shape index (κ2) is 67.9. The number of rotatable bonds is 75. The molecule has 95 heavy (non-hydrogen) atoms. The number of aliphatic hydroxyl groups excluding tert-OH is 1. The van der Waals surface area contributed by atoms with Crippen LogP contribution in [0.25, 0.3) is 0 Å². The number of carbonyl (C=O) groups is 4. The highest BCUT2D eigenvalue weighted by molar-refractivity contribution is 7.47. The topological polar surface area (TPSA) is 237 Å². The lowest BCUT2D eigenvalue weighted by Crippen LogP contribution is -2.30. The Balaban J connectivity index is 5.19. The molecule has 0 saturated heterocycles. The van der Waals surface area contributed by atoms with Crippen molar-refractivity contribution >= 4 is 39.5 Å². The Morgan fingerprint density at radius 3 is 0.716 bits per heavy atom. The quantitative estimate of drug-likeness (QED) is 0.0222. The van der Waals surface area contributed by atoms with Crippen LogP contribution in [0.5, 0.6) is 0 Å². The molecule has 0 bridgehead atoms. The zero-order chi connectivity index (χ0) is 70.0. The Bertz CT molecular complexity index is 1840. The Hall–Kier alpha value is -1.94. The maximum absolute atomic E-state index is 13.1. The van der Waals surface area contributed by atoms with Crippen LogP contribution < -0.4 is 0 Å². The van der Waals surface area contributed by atoms with Crippen molar-refractivity contribution in [3.8, 4) is 0 Å². The van der Waals surface area contributed by atoms with Gasteiger partial charge in [-0.2, -0.15) is 0 Å². The summed E-state index contributed by atoms with van der Waals surface area (Å²) in [5, 5.41) is 10.6. The molecule has 0 saturated carbocycles. The summed E-state index contributed by atoms with van der Waals surface area (Å²) in [6.07, 6.45) is 55.6. The number of carbonyl (C=O) groups excluding carboxylic acids is 4. The number of esters is 4. The second-order valence-corrected chi connectivity index (χ2v) is 31.3. The van der Waals surface area contributed by atoms with Gasteiger partial charge in [0.2, 0.25) is 0 Å². The fourth-order valence-corrected chi connectivity index (χ4v) is 13.2. The van der Waals surface area contributed by atoms with Crippen LogP contribution in [0.2, 0.25) is 0 Å². The summed E-state index contributed by atoms with van der Waals surface area (Å²) >= 11 is 0. The molecule has 0 spiro atoms. The van der Waals surface area contributed by atoms with Crippen molar-refractivity contribution in [2.24, 2.45) is 11.8 Å². The summed E-state index contributed by atoms with van der Waals surface area (Å²) < 4.78 is 68.4. The molecule has 17 nitrogen and oxygen atoms in total. The number of phosphoric acid groups is 2. The molecule has 0 aromatic heterocycles. The largest absolute Gasteiger partial charge is 0.472 e. The van der Waals surface area contributed by atoms with Crippen molar-refractivity contribution in [1.82, 2.24) is 0 Å². The fraction of sp³-hybridized carbons (Fsp3) is 0.947. The highest BCUT2D eigenvalue weighted by Crippen LogP contribution is 2.45. The Kier molecular flexibility index (Phi) is 66.5. The third kappa shape index (κ3) is 70.3. The van der Waals surface area contributed by atoms with E-state index in [1.807, 2.05) is 0 Å². The molecule has 0 aliphatic rings. The van der Waals surface area contributed by atoms with Crippen LogP contribution >= 0.6 is 15.6 Å². The van der Waals surface area contributed by atoms with Gasteiger partial charge in [-0.25, -0.2) is 9.13 Å². The Morgan fingerprint density at radius 2 is 0.484 bits per heavy atom. The van der Waals surface area contributed by atoms with Gasteiger partial charge in [-0.15, -0.1) is 0 Å². The maximum Gasteiger partial charge on any atom is 0.472 e. The molecule has 5 atom stereocenters. The lowest BCUT2D eigenvalue weighted by atomic mass is 10.0. The molecular formula is C76H148O17P2. The molecule has 0 aromatic rings. The highest BCUT2D eigenvalue weighted by Gasteiger charge is 2.30. The minimum absolute atomic E-state index is 0.105. The summed E-state index contributed by atoms with van der Waals surface area (Å²) in [6, 6.07) is 0. The number of unbranched alkanes of at least 4 members (excludes halogenated alkanes) is 45. The maximum atomic E-state index is 13.1. The van der Waals surface area contributed by atoms with Crippen molar-refractivity contribution in [2.45, 2.75) is 413 Å². The van der Waals surface area contributed by atoms with Gasteiger partial charge < -0.3 is 33.8 Å². The Morgan fingerprint density at radius 1 is 0.284 bits per heavy atom. The van der Waals surface area contributed by atoms with Gasteiger partial charge in [-0.1, -0.05) is 343 Å². The molecule has 0 aromatic carbocycles. The third-order valence-corrected chi connectivity index (χ3v) is 19.6. The number of aliphatic hydroxyl groups is 1. The molecule has 0 amide bonds. The van der Waals surface area contributed by atoms with Gasteiger partial charge in [0.1, 0.15) is 19.3 Å². The monoisotopic (exact) mass is 1400 g/mol. The molecule has 0 radical (unpaired) electrons. The van der Waals surface area contributed by atoms with Gasteiger partial charge in [0.25, 0.3) is 0 Å². The van der Waals surface area contributed by atoms with Gasteiger partial charge in [-0.05, 0) is 37.5 Å². The van der Waals surface area contributed by atoms with Crippen molar-refractivity contribution in [3.05, 3.63) is 0 Å². The van der Waals surface area contributed by atoms with Crippen LogP contribution in [0.3, 0.4) is 0 Å². The lowest BCUT2D eigenvalue weighted by molar-refractivity contribution is -0.161. The first-order chi connectivity index (χ1) is 45.9. The third-order valence-electron chi connectivity index (χ3n) is 17.7. The smallest absolute Gasteiger partial charge is 0.462 e. The van der Waals surface area contributed by atoms with E-state index in [0.717, 1.165) is 102 Å². The normalized spacial score (nSPS) is 14.0. The SMILES string of the molecule is CCCCCCCCCCCCCCCCC(=O)OC[C@H](COP(=O)(O)OC[C@@H](O)COP(=O)(O)OC[C@@H](COC(=O)CCCCCCCCCCC)OC(=O)CCCCCCCCCCC(C)C)OC(=O)CCCCCCCCCCCCCCCCCCCCC(C)C. The molecule has 0 rings (SSSR count). The van der Waals surface area contributed by atoms with Crippen molar-refractivity contribution in [2.75, 3.05) is 39.6 Å². The summed E-state index contributed by atoms with van der Waals surface area (Å²) in [4.78, 5) is 72.7. The van der Waals surface area contributed by atoms with E-state index in [-0.39, 0.29) is 25.7 Å². The minimum Gasteiger partial charge on any atom is -0.462 e. The molecule has 19 heteroatoms. The summed E-state index contributed by atoms with van der Waals surface area (Å²) in [7, 11) is -9.91. The van der Waals surface area contributed by atoms with Crippen LogP contribution in [-0.4, -0.2) is 96.7 Å². The first-order valence-corrected chi connectivity index (χ1v) is 42.5. The minimum atomic E-state index is -4.96. The van der Waals surface area contributed by atoms with Crippen molar-refractivity contribution < 1.29 is 80.2 Å². The highest BCUT2D eigenvalue weighted by atomic mass is 31.2. The van der Waals surface area contributed by atoms with E-state index in [1.165, 1.54) is 212 Å². The molecule has 0 aliphatic heterocycles. The average Bonchev–Trinajstić information content (AvgIpc) is 1.29. The standard InChI is InChI=1S/C76H148O17P2/c1-7-9-11-13-15-17-18-19-27-30-34-41-47-53-59-74(79)87-65-71(92-75(80)60-54-48-42-35-31-28-25-23-21-20-22-24-26-29-33-38-44-50-56-68(3)4)66-90-94(82,83)88-62-70(77)63-89-95(84,85)91-67-72(64-86-73(78)58-52-46-40-32-16-14-12-10-8-2)93-76(81)61-55-49-43-37-36-39-45-51-57-69(5)6/h68-72,77H,7-67H2,1-6H3,(H,82,83)(H,84,85)/t70-,71-,72-/m1/s1. The summed E-state index contributed by atoms with van der Waals surface area (Å²) in [5.41, 5.74) is 0. The van der Waals surface area contributed by atoms with E-state index in [9.17, 15) is 43.2 Å². The van der Waals surface area contributed by atoms with Gasteiger partial charge in [-0.3, -0.25) is 37.3 Å². The van der Waals surface area contributed by atoms with E-state index < -0.39 is 97.5 Å². The fourth-order valence-electron chi connectivity index (χ4n) is 11.7. The van der Waals surface area contributed by atoms with Crippen LogP contribution in [0.1, 0.15) is 395 Å². The van der Waals surface area contributed by atoms with Gasteiger partial charge in [0.15, 0.2) is 12.2 Å². The number of phosphoric ester groups is 2. The lowest BCUT2D eigenvalue weighted by Gasteiger charge is -2.21.